The van der Waals surface area contributed by atoms with Gasteiger partial charge in [-0.1, -0.05) is 32.4 Å². The van der Waals surface area contributed by atoms with E-state index in [4.69, 9.17) is 11.6 Å². The predicted octanol–water partition coefficient (Wildman–Crippen LogP) is 1.73. The SMILES string of the molecule is CC(C)(C)C(=O)NCCC(=O)N1CCN(S(=O)(=O)c2ccc(Cl)cc2)CC1. The van der Waals surface area contributed by atoms with E-state index in [2.05, 4.69) is 5.32 Å². The van der Waals surface area contributed by atoms with E-state index in [9.17, 15) is 18.0 Å². The standard InChI is InChI=1S/C18H26ClN3O4S/c1-18(2,3)17(24)20-9-8-16(23)21-10-12-22(13-11-21)27(25,26)15-6-4-14(19)5-7-15/h4-7H,8-13H2,1-3H3,(H,20,24). The molecule has 0 atom stereocenters. The molecule has 0 radical (unpaired) electrons. The second-order valence-electron chi connectivity index (χ2n) is 7.49. The number of nitrogens with zero attached hydrogens (tertiary/aromatic N) is 2. The molecule has 2 amide bonds. The summed E-state index contributed by atoms with van der Waals surface area (Å²) in [5.74, 6) is -0.193. The third-order valence-electron chi connectivity index (χ3n) is 4.35. The molecular formula is C18H26ClN3O4S. The van der Waals surface area contributed by atoms with E-state index in [0.717, 1.165) is 0 Å². The summed E-state index contributed by atoms with van der Waals surface area (Å²) in [6.07, 6.45) is 0.200. The Bertz CT molecular complexity index is 780. The number of carbonyl (C=O) groups is 2. The predicted molar refractivity (Wildman–Crippen MR) is 104 cm³/mol. The van der Waals surface area contributed by atoms with Crippen molar-refractivity contribution in [1.82, 2.24) is 14.5 Å². The van der Waals surface area contributed by atoms with Crippen molar-refractivity contribution in [2.45, 2.75) is 32.1 Å². The van der Waals surface area contributed by atoms with Gasteiger partial charge in [0.2, 0.25) is 21.8 Å². The molecule has 0 aromatic heterocycles. The average Bonchev–Trinajstić information content (AvgIpc) is 2.61. The van der Waals surface area contributed by atoms with Gasteiger partial charge in [-0.15, -0.1) is 0 Å². The molecule has 1 aromatic carbocycles. The number of carbonyl (C=O) groups excluding carboxylic acids is 2. The Morgan fingerprint density at radius 2 is 1.63 bits per heavy atom. The van der Waals surface area contributed by atoms with Gasteiger partial charge in [-0.25, -0.2) is 8.42 Å². The van der Waals surface area contributed by atoms with E-state index in [0.29, 0.717) is 18.1 Å². The van der Waals surface area contributed by atoms with Crippen LogP contribution in [-0.2, 0) is 19.6 Å². The monoisotopic (exact) mass is 415 g/mol. The van der Waals surface area contributed by atoms with E-state index in [1.54, 1.807) is 17.0 Å². The van der Waals surface area contributed by atoms with Gasteiger partial charge in [0, 0.05) is 49.6 Å². The molecule has 1 aliphatic rings. The highest BCUT2D eigenvalue weighted by Crippen LogP contribution is 2.20. The van der Waals surface area contributed by atoms with Crippen LogP contribution in [0.4, 0.5) is 0 Å². The van der Waals surface area contributed by atoms with Crippen molar-refractivity contribution in [3.05, 3.63) is 29.3 Å². The van der Waals surface area contributed by atoms with Gasteiger partial charge in [0.05, 0.1) is 4.90 Å². The molecule has 1 N–H and O–H groups in total. The molecule has 2 rings (SSSR count). The summed E-state index contributed by atoms with van der Waals surface area (Å²) in [6.45, 7) is 6.85. The van der Waals surface area contributed by atoms with E-state index < -0.39 is 15.4 Å². The van der Waals surface area contributed by atoms with Crippen LogP contribution in [0.2, 0.25) is 5.02 Å². The Balaban J connectivity index is 1.85. The molecule has 1 heterocycles. The topological polar surface area (TPSA) is 86.8 Å². The molecule has 27 heavy (non-hydrogen) atoms. The van der Waals surface area contributed by atoms with Crippen molar-refractivity contribution < 1.29 is 18.0 Å². The fraction of sp³-hybridized carbons (Fsp3) is 0.556. The summed E-state index contributed by atoms with van der Waals surface area (Å²) in [6, 6.07) is 6.04. The Morgan fingerprint density at radius 3 is 2.15 bits per heavy atom. The Kier molecular flexibility index (Phi) is 6.88. The minimum absolute atomic E-state index is 0.0900. The Hall–Kier alpha value is -1.64. The van der Waals surface area contributed by atoms with Crippen LogP contribution < -0.4 is 5.32 Å². The molecule has 1 aromatic rings. The van der Waals surface area contributed by atoms with Crippen molar-refractivity contribution >= 4 is 33.4 Å². The first-order valence-corrected chi connectivity index (χ1v) is 10.7. The van der Waals surface area contributed by atoms with Crippen LogP contribution in [0.1, 0.15) is 27.2 Å². The number of nitrogens with one attached hydrogen (secondary N) is 1. The highest BCUT2D eigenvalue weighted by atomic mass is 35.5. The van der Waals surface area contributed by atoms with Crippen LogP contribution in [0.3, 0.4) is 0 Å². The molecule has 7 nitrogen and oxygen atoms in total. The molecule has 150 valence electrons. The van der Waals surface area contributed by atoms with Gasteiger partial charge in [0.1, 0.15) is 0 Å². The van der Waals surface area contributed by atoms with Crippen LogP contribution in [0, 0.1) is 5.41 Å². The maximum absolute atomic E-state index is 12.6. The van der Waals surface area contributed by atoms with Crippen molar-refractivity contribution in [2.75, 3.05) is 32.7 Å². The summed E-state index contributed by atoms with van der Waals surface area (Å²) in [4.78, 5) is 25.9. The largest absolute Gasteiger partial charge is 0.355 e. The number of amides is 2. The second-order valence-corrected chi connectivity index (χ2v) is 9.87. The smallest absolute Gasteiger partial charge is 0.243 e. The molecule has 9 heteroatoms. The van der Waals surface area contributed by atoms with Crippen LogP contribution >= 0.6 is 11.6 Å². The molecule has 0 bridgehead atoms. The van der Waals surface area contributed by atoms with Gasteiger partial charge in [0.25, 0.3) is 0 Å². The van der Waals surface area contributed by atoms with E-state index in [1.165, 1.54) is 16.4 Å². The van der Waals surface area contributed by atoms with Crippen LogP contribution in [0.15, 0.2) is 29.2 Å². The highest BCUT2D eigenvalue weighted by molar-refractivity contribution is 7.89. The maximum atomic E-state index is 12.6. The van der Waals surface area contributed by atoms with E-state index >= 15 is 0 Å². The summed E-state index contributed by atoms with van der Waals surface area (Å²) < 4.78 is 26.7. The van der Waals surface area contributed by atoms with Crippen molar-refractivity contribution in [2.24, 2.45) is 5.41 Å². The number of halogens is 1. The lowest BCUT2D eigenvalue weighted by molar-refractivity contribution is -0.132. The number of sulfonamides is 1. The van der Waals surface area contributed by atoms with Crippen LogP contribution in [0.5, 0.6) is 0 Å². The number of piperazine rings is 1. The Labute approximate surface area is 165 Å². The summed E-state index contributed by atoms with van der Waals surface area (Å²) >= 11 is 5.81. The first-order chi connectivity index (χ1) is 12.5. The quantitative estimate of drug-likeness (QED) is 0.793. The first-order valence-electron chi connectivity index (χ1n) is 8.83. The fourth-order valence-electron chi connectivity index (χ4n) is 2.64. The molecular weight excluding hydrogens is 390 g/mol. The molecule has 1 saturated heterocycles. The molecule has 0 spiro atoms. The lowest BCUT2D eigenvalue weighted by atomic mass is 9.96. The number of hydrogen-bond acceptors (Lipinski definition) is 4. The molecule has 0 saturated carbocycles. The van der Waals surface area contributed by atoms with Crippen molar-refractivity contribution in [1.29, 1.82) is 0 Å². The van der Waals surface area contributed by atoms with Crippen LogP contribution in [-0.4, -0.2) is 62.2 Å². The number of hydrogen-bond donors (Lipinski definition) is 1. The molecule has 0 unspecified atom stereocenters. The average molecular weight is 416 g/mol. The van der Waals surface area contributed by atoms with Gasteiger partial charge in [0.15, 0.2) is 0 Å². The number of benzene rings is 1. The second kappa shape index (κ2) is 8.58. The van der Waals surface area contributed by atoms with Gasteiger partial charge < -0.3 is 10.2 Å². The van der Waals surface area contributed by atoms with Gasteiger partial charge >= 0.3 is 0 Å². The molecule has 0 aliphatic carbocycles. The first kappa shape index (κ1) is 21.7. The third kappa shape index (κ3) is 5.67. The minimum atomic E-state index is -3.59. The zero-order valence-corrected chi connectivity index (χ0v) is 17.4. The normalized spacial score (nSPS) is 16.2. The van der Waals surface area contributed by atoms with Crippen molar-refractivity contribution in [3.8, 4) is 0 Å². The summed E-state index contributed by atoms with van der Waals surface area (Å²) in [5.41, 5.74) is -0.495. The maximum Gasteiger partial charge on any atom is 0.243 e. The van der Waals surface area contributed by atoms with Gasteiger partial charge in [-0.2, -0.15) is 4.31 Å². The third-order valence-corrected chi connectivity index (χ3v) is 6.51. The van der Waals surface area contributed by atoms with Gasteiger partial charge in [-0.05, 0) is 24.3 Å². The summed E-state index contributed by atoms with van der Waals surface area (Å²) in [7, 11) is -3.59. The molecule has 1 fully saturated rings. The van der Waals surface area contributed by atoms with Crippen LogP contribution in [0.25, 0.3) is 0 Å². The lowest BCUT2D eigenvalue weighted by Gasteiger charge is -2.34. The van der Waals surface area contributed by atoms with E-state index in [1.807, 2.05) is 20.8 Å². The summed E-state index contributed by atoms with van der Waals surface area (Å²) in [5, 5.41) is 3.22. The Morgan fingerprint density at radius 1 is 1.07 bits per heavy atom. The zero-order chi connectivity index (χ0) is 20.2. The fourth-order valence-corrected chi connectivity index (χ4v) is 4.19. The minimum Gasteiger partial charge on any atom is -0.355 e. The van der Waals surface area contributed by atoms with Gasteiger partial charge in [-0.3, -0.25) is 9.59 Å². The van der Waals surface area contributed by atoms with Crippen molar-refractivity contribution in [3.63, 3.8) is 0 Å². The molecule has 1 aliphatic heterocycles. The zero-order valence-electron chi connectivity index (χ0n) is 15.9. The van der Waals surface area contributed by atoms with E-state index in [-0.39, 0.29) is 42.8 Å². The highest BCUT2D eigenvalue weighted by Gasteiger charge is 2.30. The number of rotatable bonds is 5. The lowest BCUT2D eigenvalue weighted by Crippen LogP contribution is -2.51.